The van der Waals surface area contributed by atoms with Crippen molar-refractivity contribution in [3.8, 4) is 0 Å². The van der Waals surface area contributed by atoms with E-state index >= 15 is 0 Å². The second-order valence-corrected chi connectivity index (χ2v) is 6.11. The Kier molecular flexibility index (Phi) is 4.69. The molecule has 0 aromatic carbocycles. The molecule has 0 aliphatic heterocycles. The van der Waals surface area contributed by atoms with E-state index in [2.05, 4.69) is 15.3 Å². The Morgan fingerprint density at radius 3 is 3.04 bits per heavy atom. The van der Waals surface area contributed by atoms with Crippen molar-refractivity contribution in [2.45, 2.75) is 38.6 Å². The first-order valence-electron chi connectivity index (χ1n) is 8.29. The maximum atomic E-state index is 12.3. The molecule has 2 aromatic heterocycles. The molecule has 1 fully saturated rings. The van der Waals surface area contributed by atoms with Crippen LogP contribution in [0.5, 0.6) is 0 Å². The number of esters is 1. The second kappa shape index (κ2) is 6.90. The molecule has 0 radical (unpaired) electrons. The summed E-state index contributed by atoms with van der Waals surface area (Å²) in [6.07, 6.45) is 6.67. The quantitative estimate of drug-likeness (QED) is 0.728. The van der Waals surface area contributed by atoms with Gasteiger partial charge in [0.05, 0.1) is 12.3 Å². The summed E-state index contributed by atoms with van der Waals surface area (Å²) in [6, 6.07) is 1.96. The number of nitrogens with zero attached hydrogens (tertiary/aromatic N) is 1. The van der Waals surface area contributed by atoms with Gasteiger partial charge in [0.25, 0.3) is 0 Å². The minimum atomic E-state index is -0.405. The van der Waals surface area contributed by atoms with Crippen molar-refractivity contribution in [3.63, 3.8) is 0 Å². The van der Waals surface area contributed by atoms with E-state index in [4.69, 9.17) is 10.5 Å². The van der Waals surface area contributed by atoms with Crippen molar-refractivity contribution in [2.75, 3.05) is 11.9 Å². The van der Waals surface area contributed by atoms with Crippen molar-refractivity contribution in [1.82, 2.24) is 9.97 Å². The lowest BCUT2D eigenvalue weighted by Gasteiger charge is -2.29. The Bertz CT molecular complexity index is 755. The van der Waals surface area contributed by atoms with Crippen molar-refractivity contribution < 1.29 is 14.3 Å². The second-order valence-electron chi connectivity index (χ2n) is 6.11. The Morgan fingerprint density at radius 2 is 2.29 bits per heavy atom. The van der Waals surface area contributed by atoms with E-state index in [-0.39, 0.29) is 17.9 Å². The fourth-order valence-electron chi connectivity index (χ4n) is 3.31. The third-order valence-corrected chi connectivity index (χ3v) is 4.51. The molecule has 1 aliphatic carbocycles. The van der Waals surface area contributed by atoms with Crippen molar-refractivity contribution in [1.29, 1.82) is 0 Å². The van der Waals surface area contributed by atoms with E-state index in [0.717, 1.165) is 24.6 Å². The fraction of sp³-hybridized carbons (Fsp3) is 0.471. The minimum Gasteiger partial charge on any atom is -0.462 e. The lowest BCUT2D eigenvalue weighted by atomic mass is 9.85. The van der Waals surface area contributed by atoms with Crippen LogP contribution in [-0.4, -0.2) is 34.5 Å². The topological polar surface area (TPSA) is 110 Å². The molecule has 4 N–H and O–H groups in total. The van der Waals surface area contributed by atoms with Crippen LogP contribution in [0.15, 0.2) is 18.5 Å². The smallest absolute Gasteiger partial charge is 0.341 e. The molecule has 0 unspecified atom stereocenters. The number of aromatic nitrogens is 2. The lowest BCUT2D eigenvalue weighted by molar-refractivity contribution is -0.122. The summed E-state index contributed by atoms with van der Waals surface area (Å²) >= 11 is 0. The van der Waals surface area contributed by atoms with Gasteiger partial charge in [-0.25, -0.2) is 9.78 Å². The number of rotatable bonds is 5. The number of fused-ring (bicyclic) bond motifs is 1. The number of carbonyl (C=O) groups is 2. The van der Waals surface area contributed by atoms with Crippen LogP contribution in [-0.2, 0) is 9.53 Å². The molecular formula is C17H22N4O3. The molecule has 0 spiro atoms. The zero-order chi connectivity index (χ0) is 17.1. The van der Waals surface area contributed by atoms with E-state index in [0.29, 0.717) is 29.9 Å². The number of ether oxygens (including phenoxy) is 1. The summed E-state index contributed by atoms with van der Waals surface area (Å²) in [5.74, 6) is -0.780. The first kappa shape index (κ1) is 16.3. The molecule has 2 aromatic rings. The average molecular weight is 330 g/mol. The minimum absolute atomic E-state index is 0.0879. The molecule has 7 heteroatoms. The molecule has 7 nitrogen and oxygen atoms in total. The molecule has 1 amide bonds. The maximum Gasteiger partial charge on any atom is 0.341 e. The molecule has 128 valence electrons. The van der Waals surface area contributed by atoms with Gasteiger partial charge in [0, 0.05) is 29.7 Å². The number of aromatic amines is 1. The predicted molar refractivity (Wildman–Crippen MR) is 90.6 cm³/mol. The summed E-state index contributed by atoms with van der Waals surface area (Å²) in [4.78, 5) is 31.1. The fourth-order valence-corrected chi connectivity index (χ4v) is 3.31. The molecule has 24 heavy (non-hydrogen) atoms. The van der Waals surface area contributed by atoms with Crippen molar-refractivity contribution in [3.05, 3.63) is 24.0 Å². The normalized spacial score (nSPS) is 20.7. The molecule has 1 saturated carbocycles. The van der Waals surface area contributed by atoms with E-state index in [1.54, 1.807) is 13.1 Å². The molecule has 2 atom stereocenters. The van der Waals surface area contributed by atoms with Gasteiger partial charge in [-0.05, 0) is 32.3 Å². The van der Waals surface area contributed by atoms with Gasteiger partial charge in [-0.15, -0.1) is 0 Å². The Labute approximate surface area is 140 Å². The zero-order valence-corrected chi connectivity index (χ0v) is 13.7. The van der Waals surface area contributed by atoms with Gasteiger partial charge < -0.3 is 20.8 Å². The van der Waals surface area contributed by atoms with Gasteiger partial charge in [-0.2, -0.15) is 0 Å². The first-order valence-corrected chi connectivity index (χ1v) is 8.29. The SMILES string of the molecule is CCOC(=O)c1cnc2[nH]ccc2c1N[C@@H]1CCC[C@@H](C(N)=O)C1. The number of hydrogen-bond acceptors (Lipinski definition) is 5. The number of carbonyl (C=O) groups excluding carboxylic acids is 2. The standard InChI is InChI=1S/C17H22N4O3/c1-2-24-17(23)13-9-20-16-12(6-7-19-16)14(13)21-11-5-3-4-10(8-11)15(18)22/h6-7,9-11H,2-5,8H2,1H3,(H2,18,22)(H2,19,20,21)/t10-,11-/m1/s1. The van der Waals surface area contributed by atoms with Crippen LogP contribution in [0.2, 0.25) is 0 Å². The summed E-state index contributed by atoms with van der Waals surface area (Å²) in [5.41, 5.74) is 7.27. The van der Waals surface area contributed by atoms with Crippen LogP contribution in [0.3, 0.4) is 0 Å². The predicted octanol–water partition coefficient (Wildman–Crippen LogP) is 2.20. The number of primary amides is 1. The van der Waals surface area contributed by atoms with E-state index < -0.39 is 5.97 Å². The highest BCUT2D eigenvalue weighted by atomic mass is 16.5. The van der Waals surface area contributed by atoms with E-state index in [1.165, 1.54) is 6.20 Å². The monoisotopic (exact) mass is 330 g/mol. The third kappa shape index (κ3) is 3.20. The van der Waals surface area contributed by atoms with Gasteiger partial charge >= 0.3 is 5.97 Å². The molecule has 0 bridgehead atoms. The third-order valence-electron chi connectivity index (χ3n) is 4.51. The highest BCUT2D eigenvalue weighted by Crippen LogP contribution is 2.31. The van der Waals surface area contributed by atoms with E-state index in [1.807, 2.05) is 6.07 Å². The summed E-state index contributed by atoms with van der Waals surface area (Å²) in [6.45, 7) is 2.07. The van der Waals surface area contributed by atoms with Crippen LogP contribution in [0.4, 0.5) is 5.69 Å². The molecule has 3 rings (SSSR count). The Morgan fingerprint density at radius 1 is 1.46 bits per heavy atom. The van der Waals surface area contributed by atoms with Gasteiger partial charge in [0.15, 0.2) is 0 Å². The van der Waals surface area contributed by atoms with Gasteiger partial charge in [-0.3, -0.25) is 4.79 Å². The molecule has 1 aliphatic rings. The van der Waals surface area contributed by atoms with Gasteiger partial charge in [-0.1, -0.05) is 6.42 Å². The number of nitrogens with two attached hydrogens (primary N) is 1. The van der Waals surface area contributed by atoms with Gasteiger partial charge in [0.1, 0.15) is 11.2 Å². The highest BCUT2D eigenvalue weighted by molar-refractivity contribution is 6.04. The molecular weight excluding hydrogens is 308 g/mol. The van der Waals surface area contributed by atoms with Crippen LogP contribution in [0.1, 0.15) is 43.0 Å². The van der Waals surface area contributed by atoms with Gasteiger partial charge in [0.2, 0.25) is 5.91 Å². The van der Waals surface area contributed by atoms with Crippen molar-refractivity contribution in [2.24, 2.45) is 11.7 Å². The summed E-state index contributed by atoms with van der Waals surface area (Å²) in [7, 11) is 0. The maximum absolute atomic E-state index is 12.3. The largest absolute Gasteiger partial charge is 0.462 e. The van der Waals surface area contributed by atoms with Crippen LogP contribution in [0.25, 0.3) is 11.0 Å². The average Bonchev–Trinajstić information content (AvgIpc) is 3.04. The van der Waals surface area contributed by atoms with Crippen LogP contribution < -0.4 is 11.1 Å². The van der Waals surface area contributed by atoms with Crippen LogP contribution >= 0.6 is 0 Å². The molecule has 0 saturated heterocycles. The molecule has 2 heterocycles. The lowest BCUT2D eigenvalue weighted by Crippen LogP contribution is -2.34. The van der Waals surface area contributed by atoms with E-state index in [9.17, 15) is 9.59 Å². The number of H-pyrrole nitrogens is 1. The number of amides is 1. The number of nitrogens with one attached hydrogen (secondary N) is 2. The van der Waals surface area contributed by atoms with Crippen molar-refractivity contribution >= 4 is 28.6 Å². The Hall–Kier alpha value is -2.57. The number of pyridine rings is 1. The first-order chi connectivity index (χ1) is 11.6. The number of anilines is 1. The van der Waals surface area contributed by atoms with Crippen LogP contribution in [0, 0.1) is 5.92 Å². The number of hydrogen-bond donors (Lipinski definition) is 3. The summed E-state index contributed by atoms with van der Waals surface area (Å²) < 4.78 is 5.14. The summed E-state index contributed by atoms with van der Waals surface area (Å²) in [5, 5.41) is 4.27. The Balaban J connectivity index is 1.91. The highest BCUT2D eigenvalue weighted by Gasteiger charge is 2.27. The zero-order valence-electron chi connectivity index (χ0n) is 13.7.